The molecule has 1 unspecified atom stereocenters. The Balaban J connectivity index is 1.86. The average Bonchev–Trinajstić information content (AvgIpc) is 2.50. The summed E-state index contributed by atoms with van der Waals surface area (Å²) in [5, 5.41) is 11.7. The lowest BCUT2D eigenvalue weighted by atomic mass is 10.00. The second-order valence-corrected chi connectivity index (χ2v) is 5.50. The highest BCUT2D eigenvalue weighted by atomic mass is 16.4. The van der Waals surface area contributed by atoms with Crippen LogP contribution in [0.1, 0.15) is 30.9 Å². The minimum Gasteiger partial charge on any atom is -0.481 e. The van der Waals surface area contributed by atoms with Crippen molar-refractivity contribution in [1.82, 2.24) is 10.2 Å². The number of benzene rings is 1. The first-order chi connectivity index (χ1) is 10.1. The minimum atomic E-state index is -0.817. The van der Waals surface area contributed by atoms with E-state index < -0.39 is 5.97 Å². The Bertz CT molecular complexity index is 516. The maximum absolute atomic E-state index is 12.2. The van der Waals surface area contributed by atoms with Crippen LogP contribution in [0.3, 0.4) is 0 Å². The van der Waals surface area contributed by atoms with Gasteiger partial charge in [-0.3, -0.25) is 4.79 Å². The summed E-state index contributed by atoms with van der Waals surface area (Å²) in [5.41, 5.74) is 2.50. The molecule has 1 atom stereocenters. The first-order valence-corrected chi connectivity index (χ1v) is 7.41. The van der Waals surface area contributed by atoms with Crippen LogP contribution >= 0.6 is 0 Å². The second-order valence-electron chi connectivity index (χ2n) is 5.50. The van der Waals surface area contributed by atoms with Gasteiger partial charge in [0.05, 0.1) is 0 Å². The summed E-state index contributed by atoms with van der Waals surface area (Å²) < 4.78 is 0. The van der Waals surface area contributed by atoms with Gasteiger partial charge in [-0.1, -0.05) is 37.6 Å². The number of hydrogen-bond donors (Lipinski definition) is 2. The van der Waals surface area contributed by atoms with E-state index in [1.54, 1.807) is 4.90 Å². The van der Waals surface area contributed by atoms with E-state index >= 15 is 0 Å². The van der Waals surface area contributed by atoms with E-state index in [9.17, 15) is 9.59 Å². The van der Waals surface area contributed by atoms with Crippen molar-refractivity contribution in [2.45, 2.75) is 32.7 Å². The Morgan fingerprint density at radius 1 is 1.33 bits per heavy atom. The molecule has 0 saturated heterocycles. The maximum atomic E-state index is 12.2. The molecule has 1 aliphatic rings. The largest absolute Gasteiger partial charge is 0.481 e. The summed E-state index contributed by atoms with van der Waals surface area (Å²) in [5.74, 6) is -0.827. The molecule has 5 heteroatoms. The molecule has 0 radical (unpaired) electrons. The fourth-order valence-corrected chi connectivity index (χ4v) is 2.62. The number of aliphatic carboxylic acids is 1. The molecule has 21 heavy (non-hydrogen) atoms. The van der Waals surface area contributed by atoms with Gasteiger partial charge >= 0.3 is 12.0 Å². The number of carboxylic acid groups (broad SMARTS) is 1. The van der Waals surface area contributed by atoms with Crippen LogP contribution in [0.2, 0.25) is 0 Å². The van der Waals surface area contributed by atoms with Crippen molar-refractivity contribution in [3.05, 3.63) is 35.4 Å². The molecule has 0 aromatic heterocycles. The van der Waals surface area contributed by atoms with Crippen molar-refractivity contribution in [2.24, 2.45) is 5.92 Å². The molecule has 1 aliphatic heterocycles. The van der Waals surface area contributed by atoms with Crippen molar-refractivity contribution in [2.75, 3.05) is 13.1 Å². The van der Waals surface area contributed by atoms with Crippen molar-refractivity contribution < 1.29 is 14.7 Å². The fraction of sp³-hybridized carbons (Fsp3) is 0.500. The zero-order valence-corrected chi connectivity index (χ0v) is 12.3. The van der Waals surface area contributed by atoms with Crippen LogP contribution in [0, 0.1) is 5.92 Å². The minimum absolute atomic E-state index is 0.0106. The van der Waals surface area contributed by atoms with E-state index in [0.717, 1.165) is 12.8 Å². The third-order valence-corrected chi connectivity index (χ3v) is 4.00. The molecular formula is C16H22N2O3. The van der Waals surface area contributed by atoms with E-state index in [1.807, 2.05) is 25.1 Å². The molecule has 2 N–H and O–H groups in total. The van der Waals surface area contributed by atoms with Crippen molar-refractivity contribution in [3.8, 4) is 0 Å². The van der Waals surface area contributed by atoms with Crippen LogP contribution in [0.5, 0.6) is 0 Å². The van der Waals surface area contributed by atoms with Gasteiger partial charge in [0.15, 0.2) is 0 Å². The highest BCUT2D eigenvalue weighted by Crippen LogP contribution is 2.18. The topological polar surface area (TPSA) is 69.6 Å². The lowest BCUT2D eigenvalue weighted by molar-refractivity contribution is -0.138. The summed E-state index contributed by atoms with van der Waals surface area (Å²) in [4.78, 5) is 24.7. The molecule has 0 bridgehead atoms. The number of hydrogen-bond acceptors (Lipinski definition) is 2. The van der Waals surface area contributed by atoms with Gasteiger partial charge in [-0.05, 0) is 23.5 Å². The molecule has 2 rings (SSSR count). The van der Waals surface area contributed by atoms with Crippen LogP contribution in [-0.4, -0.2) is 35.1 Å². The summed E-state index contributed by atoms with van der Waals surface area (Å²) in [6.07, 6.45) is 1.71. The zero-order valence-electron chi connectivity index (χ0n) is 12.3. The van der Waals surface area contributed by atoms with E-state index in [0.29, 0.717) is 19.6 Å². The van der Waals surface area contributed by atoms with Gasteiger partial charge < -0.3 is 15.3 Å². The van der Waals surface area contributed by atoms with E-state index in [4.69, 9.17) is 5.11 Å². The number of fused-ring (bicyclic) bond motifs is 1. The lowest BCUT2D eigenvalue weighted by Crippen LogP contribution is -2.44. The van der Waals surface area contributed by atoms with Gasteiger partial charge in [-0.15, -0.1) is 0 Å². The Morgan fingerprint density at radius 2 is 2.05 bits per heavy atom. The molecule has 1 aromatic carbocycles. The average molecular weight is 290 g/mol. The van der Waals surface area contributed by atoms with Crippen molar-refractivity contribution in [3.63, 3.8) is 0 Å². The highest BCUT2D eigenvalue weighted by molar-refractivity contribution is 5.74. The first kappa shape index (κ1) is 15.4. The third kappa shape index (κ3) is 4.21. The highest BCUT2D eigenvalue weighted by Gasteiger charge is 2.21. The Morgan fingerprint density at radius 3 is 2.71 bits per heavy atom. The van der Waals surface area contributed by atoms with E-state index in [-0.39, 0.29) is 18.4 Å². The molecule has 0 spiro atoms. The van der Waals surface area contributed by atoms with Gasteiger partial charge in [-0.2, -0.15) is 0 Å². The van der Waals surface area contributed by atoms with E-state index in [1.165, 1.54) is 11.1 Å². The Labute approximate surface area is 125 Å². The number of carboxylic acids is 1. The van der Waals surface area contributed by atoms with Crippen LogP contribution in [-0.2, 0) is 17.8 Å². The predicted octanol–water partition coefficient (Wildman–Crippen LogP) is 2.26. The van der Waals surface area contributed by atoms with Crippen molar-refractivity contribution >= 4 is 12.0 Å². The number of carbonyl (C=O) groups excluding carboxylic acids is 1. The number of rotatable bonds is 5. The molecule has 0 fully saturated rings. The number of urea groups is 1. The predicted molar refractivity (Wildman–Crippen MR) is 80.0 cm³/mol. The van der Waals surface area contributed by atoms with E-state index in [2.05, 4.69) is 11.4 Å². The van der Waals surface area contributed by atoms with Crippen LogP contribution < -0.4 is 5.32 Å². The summed E-state index contributed by atoms with van der Waals surface area (Å²) in [7, 11) is 0. The molecule has 114 valence electrons. The first-order valence-electron chi connectivity index (χ1n) is 7.41. The van der Waals surface area contributed by atoms with Gasteiger partial charge in [0.1, 0.15) is 0 Å². The number of amides is 2. The van der Waals surface area contributed by atoms with Gasteiger partial charge in [0.2, 0.25) is 0 Å². The smallest absolute Gasteiger partial charge is 0.317 e. The molecule has 0 aliphatic carbocycles. The Hall–Kier alpha value is -2.04. The van der Waals surface area contributed by atoms with Crippen molar-refractivity contribution in [1.29, 1.82) is 0 Å². The zero-order chi connectivity index (χ0) is 15.2. The molecule has 1 heterocycles. The summed E-state index contributed by atoms with van der Waals surface area (Å²) >= 11 is 0. The lowest BCUT2D eigenvalue weighted by Gasteiger charge is -2.29. The van der Waals surface area contributed by atoms with Crippen LogP contribution in [0.15, 0.2) is 24.3 Å². The standard InChI is InChI=1S/C16H22N2O3/c1-2-12(9-15(19)20)10-17-16(21)18-8-7-13-5-3-4-6-14(13)11-18/h3-6,12H,2,7-11H2,1H3,(H,17,21)(H,19,20). The number of nitrogens with zero attached hydrogens (tertiary/aromatic N) is 1. The molecule has 1 aromatic rings. The molecule has 2 amide bonds. The van der Waals surface area contributed by atoms with Crippen LogP contribution in [0.4, 0.5) is 4.79 Å². The van der Waals surface area contributed by atoms with Gasteiger partial charge in [0.25, 0.3) is 0 Å². The Kier molecular flexibility index (Phi) is 5.20. The molecular weight excluding hydrogens is 268 g/mol. The quantitative estimate of drug-likeness (QED) is 0.874. The number of carbonyl (C=O) groups is 2. The number of nitrogens with one attached hydrogen (secondary N) is 1. The fourth-order valence-electron chi connectivity index (χ4n) is 2.62. The van der Waals surface area contributed by atoms with Gasteiger partial charge in [-0.25, -0.2) is 4.79 Å². The normalized spacial score (nSPS) is 15.2. The second kappa shape index (κ2) is 7.11. The summed E-state index contributed by atoms with van der Waals surface area (Å²) in [6, 6.07) is 8.05. The van der Waals surface area contributed by atoms with Gasteiger partial charge in [0, 0.05) is 26.1 Å². The molecule has 0 saturated carbocycles. The SMILES string of the molecule is CCC(CNC(=O)N1CCc2ccccc2C1)CC(=O)O. The third-order valence-electron chi connectivity index (χ3n) is 4.00. The summed E-state index contributed by atoms with van der Waals surface area (Å²) in [6.45, 7) is 3.69. The van der Waals surface area contributed by atoms with Crippen LogP contribution in [0.25, 0.3) is 0 Å². The molecule has 5 nitrogen and oxygen atoms in total. The maximum Gasteiger partial charge on any atom is 0.317 e. The monoisotopic (exact) mass is 290 g/mol.